The highest BCUT2D eigenvalue weighted by Gasteiger charge is 2.30. The Bertz CT molecular complexity index is 637. The standard InChI is InChI=1S/C10H12N6O2/c1-4-5(17)2-6(18-4)16-3-13-7-8(11)14-10(12)15-9(7)16/h3,5-6,17H,1-2H2,(H4,11,12,14,15)/t5-,6?/m0/s1. The summed E-state index contributed by atoms with van der Waals surface area (Å²) in [6.45, 7) is 3.62. The van der Waals surface area contributed by atoms with Crippen molar-refractivity contribution in [3.05, 3.63) is 18.7 Å². The molecule has 1 aliphatic rings. The normalized spacial score (nSPS) is 23.5. The zero-order valence-electron chi connectivity index (χ0n) is 9.45. The van der Waals surface area contributed by atoms with Gasteiger partial charge in [-0.1, -0.05) is 6.58 Å². The maximum Gasteiger partial charge on any atom is 0.224 e. The van der Waals surface area contributed by atoms with Gasteiger partial charge in [0, 0.05) is 6.42 Å². The molecular formula is C10H12N6O2. The number of nitrogens with two attached hydrogens (primary N) is 2. The highest BCUT2D eigenvalue weighted by Crippen LogP contribution is 2.32. The van der Waals surface area contributed by atoms with Gasteiger partial charge in [0.2, 0.25) is 5.95 Å². The Morgan fingerprint density at radius 1 is 1.44 bits per heavy atom. The van der Waals surface area contributed by atoms with Crippen molar-refractivity contribution < 1.29 is 9.84 Å². The van der Waals surface area contributed by atoms with Crippen LogP contribution in [-0.2, 0) is 4.74 Å². The second-order valence-corrected chi connectivity index (χ2v) is 4.08. The number of hydrogen-bond donors (Lipinski definition) is 3. The molecule has 0 saturated carbocycles. The summed E-state index contributed by atoms with van der Waals surface area (Å²) in [5.41, 5.74) is 12.2. The molecule has 2 aromatic heterocycles. The van der Waals surface area contributed by atoms with Crippen molar-refractivity contribution in [3.8, 4) is 0 Å². The maximum atomic E-state index is 9.61. The summed E-state index contributed by atoms with van der Waals surface area (Å²) in [5, 5.41) is 9.61. The lowest BCUT2D eigenvalue weighted by Gasteiger charge is -2.12. The fraction of sp³-hybridized carbons (Fsp3) is 0.300. The van der Waals surface area contributed by atoms with Gasteiger partial charge in [-0.2, -0.15) is 9.97 Å². The monoisotopic (exact) mass is 248 g/mol. The molecule has 94 valence electrons. The Morgan fingerprint density at radius 3 is 2.89 bits per heavy atom. The molecule has 2 atom stereocenters. The average Bonchev–Trinajstić information content (AvgIpc) is 2.83. The van der Waals surface area contributed by atoms with E-state index in [1.54, 1.807) is 4.57 Å². The highest BCUT2D eigenvalue weighted by atomic mass is 16.5. The van der Waals surface area contributed by atoms with Crippen LogP contribution in [-0.4, -0.2) is 30.7 Å². The molecule has 3 heterocycles. The summed E-state index contributed by atoms with van der Waals surface area (Å²) in [5.74, 6) is 0.615. The molecular weight excluding hydrogens is 236 g/mol. The topological polar surface area (TPSA) is 125 Å². The second kappa shape index (κ2) is 3.57. The van der Waals surface area contributed by atoms with Crippen LogP contribution in [0.5, 0.6) is 0 Å². The SMILES string of the molecule is C=C1OC(n2cnc3c(N)nc(N)nc32)C[C@@H]1O. The van der Waals surface area contributed by atoms with Gasteiger partial charge in [0.1, 0.15) is 23.7 Å². The number of imidazole rings is 1. The van der Waals surface area contributed by atoms with Gasteiger partial charge < -0.3 is 21.3 Å². The Labute approximate surface area is 102 Å². The molecule has 1 aliphatic heterocycles. The molecule has 2 aromatic rings. The van der Waals surface area contributed by atoms with Crippen LogP contribution < -0.4 is 11.5 Å². The largest absolute Gasteiger partial charge is 0.472 e. The van der Waals surface area contributed by atoms with Crippen molar-refractivity contribution in [2.24, 2.45) is 0 Å². The van der Waals surface area contributed by atoms with Crippen LogP contribution >= 0.6 is 0 Å². The van der Waals surface area contributed by atoms with Crippen LogP contribution in [0.15, 0.2) is 18.7 Å². The predicted octanol–water partition coefficient (Wildman–Crippen LogP) is -0.216. The molecule has 5 N–H and O–H groups in total. The van der Waals surface area contributed by atoms with Gasteiger partial charge in [-0.15, -0.1) is 0 Å². The number of aromatic nitrogens is 4. The first-order chi connectivity index (χ1) is 8.56. The summed E-state index contributed by atoms with van der Waals surface area (Å²) < 4.78 is 7.10. The minimum atomic E-state index is -0.691. The molecule has 0 bridgehead atoms. The summed E-state index contributed by atoms with van der Waals surface area (Å²) in [6, 6.07) is 0. The number of hydrogen-bond acceptors (Lipinski definition) is 7. The lowest BCUT2D eigenvalue weighted by atomic mass is 10.2. The minimum absolute atomic E-state index is 0.0686. The lowest BCUT2D eigenvalue weighted by molar-refractivity contribution is 0.101. The van der Waals surface area contributed by atoms with Crippen LogP contribution in [0.2, 0.25) is 0 Å². The van der Waals surface area contributed by atoms with E-state index in [-0.39, 0.29) is 11.8 Å². The van der Waals surface area contributed by atoms with Crippen molar-refractivity contribution in [2.45, 2.75) is 18.8 Å². The van der Waals surface area contributed by atoms with Gasteiger partial charge >= 0.3 is 0 Å². The van der Waals surface area contributed by atoms with Crippen molar-refractivity contribution in [2.75, 3.05) is 11.5 Å². The molecule has 1 fully saturated rings. The fourth-order valence-corrected chi connectivity index (χ4v) is 1.96. The number of fused-ring (bicyclic) bond motifs is 1. The lowest BCUT2D eigenvalue weighted by Crippen LogP contribution is -2.09. The van der Waals surface area contributed by atoms with E-state index < -0.39 is 12.3 Å². The molecule has 8 heteroatoms. The van der Waals surface area contributed by atoms with E-state index in [1.807, 2.05) is 0 Å². The van der Waals surface area contributed by atoms with Crippen LogP contribution in [0.1, 0.15) is 12.6 Å². The third kappa shape index (κ3) is 1.46. The Balaban J connectivity index is 2.11. The Kier molecular flexibility index (Phi) is 2.14. The van der Waals surface area contributed by atoms with Gasteiger partial charge in [-0.3, -0.25) is 4.57 Å². The number of rotatable bonds is 1. The van der Waals surface area contributed by atoms with Crippen molar-refractivity contribution >= 4 is 22.9 Å². The quantitative estimate of drug-likeness (QED) is 0.637. The summed E-state index contributed by atoms with van der Waals surface area (Å²) >= 11 is 0. The summed E-state index contributed by atoms with van der Waals surface area (Å²) in [7, 11) is 0. The van der Waals surface area contributed by atoms with Gasteiger partial charge in [-0.05, 0) is 0 Å². The number of nitrogen functional groups attached to an aromatic ring is 2. The zero-order valence-corrected chi connectivity index (χ0v) is 9.45. The van der Waals surface area contributed by atoms with Gasteiger partial charge in [-0.25, -0.2) is 4.98 Å². The number of nitrogens with zero attached hydrogens (tertiary/aromatic N) is 4. The van der Waals surface area contributed by atoms with E-state index in [0.717, 1.165) is 0 Å². The molecule has 0 spiro atoms. The average molecular weight is 248 g/mol. The van der Waals surface area contributed by atoms with E-state index in [0.29, 0.717) is 23.3 Å². The van der Waals surface area contributed by atoms with Crippen LogP contribution in [0, 0.1) is 0 Å². The van der Waals surface area contributed by atoms with Gasteiger partial charge in [0.05, 0.1) is 0 Å². The molecule has 1 saturated heterocycles. The van der Waals surface area contributed by atoms with Crippen LogP contribution in [0.4, 0.5) is 11.8 Å². The number of ether oxygens (including phenoxy) is 1. The molecule has 18 heavy (non-hydrogen) atoms. The van der Waals surface area contributed by atoms with E-state index >= 15 is 0 Å². The first-order valence-corrected chi connectivity index (χ1v) is 5.35. The first kappa shape index (κ1) is 10.8. The van der Waals surface area contributed by atoms with Gasteiger partial charge in [0.15, 0.2) is 17.7 Å². The molecule has 3 rings (SSSR count). The third-order valence-corrected chi connectivity index (χ3v) is 2.86. The van der Waals surface area contributed by atoms with E-state index in [2.05, 4.69) is 21.5 Å². The molecule has 0 amide bonds. The smallest absolute Gasteiger partial charge is 0.224 e. The van der Waals surface area contributed by atoms with Crippen molar-refractivity contribution in [1.29, 1.82) is 0 Å². The summed E-state index contributed by atoms with van der Waals surface area (Å²) in [6.07, 6.45) is 0.814. The maximum absolute atomic E-state index is 9.61. The van der Waals surface area contributed by atoms with Crippen molar-refractivity contribution in [1.82, 2.24) is 19.5 Å². The Morgan fingerprint density at radius 2 is 2.22 bits per heavy atom. The Hall–Kier alpha value is -2.35. The van der Waals surface area contributed by atoms with Gasteiger partial charge in [0.25, 0.3) is 0 Å². The van der Waals surface area contributed by atoms with Crippen molar-refractivity contribution in [3.63, 3.8) is 0 Å². The molecule has 0 aromatic carbocycles. The van der Waals surface area contributed by atoms with E-state index in [1.165, 1.54) is 6.33 Å². The number of aliphatic hydroxyl groups is 1. The van der Waals surface area contributed by atoms with E-state index in [4.69, 9.17) is 16.2 Å². The molecule has 0 aliphatic carbocycles. The second-order valence-electron chi connectivity index (χ2n) is 4.08. The van der Waals surface area contributed by atoms with Crippen LogP contribution in [0.3, 0.4) is 0 Å². The first-order valence-electron chi connectivity index (χ1n) is 5.35. The van der Waals surface area contributed by atoms with Crippen LogP contribution in [0.25, 0.3) is 11.2 Å². The molecule has 8 nitrogen and oxygen atoms in total. The fourth-order valence-electron chi connectivity index (χ4n) is 1.96. The zero-order chi connectivity index (χ0) is 12.9. The number of aliphatic hydroxyl groups excluding tert-OH is 1. The minimum Gasteiger partial charge on any atom is -0.472 e. The summed E-state index contributed by atoms with van der Waals surface area (Å²) in [4.78, 5) is 12.0. The highest BCUT2D eigenvalue weighted by molar-refractivity contribution is 5.82. The molecule has 0 radical (unpaired) electrons. The third-order valence-electron chi connectivity index (χ3n) is 2.86. The molecule has 1 unspecified atom stereocenters. The predicted molar refractivity (Wildman–Crippen MR) is 64.0 cm³/mol. The van der Waals surface area contributed by atoms with E-state index in [9.17, 15) is 5.11 Å². The number of anilines is 2.